The molecule has 0 aliphatic rings. The Morgan fingerprint density at radius 3 is 2.38 bits per heavy atom. The van der Waals surface area contributed by atoms with Crippen molar-refractivity contribution in [2.24, 2.45) is 0 Å². The van der Waals surface area contributed by atoms with E-state index in [2.05, 4.69) is 37.2 Å². The molecule has 0 spiro atoms. The average molecular weight is 564 g/mol. The van der Waals surface area contributed by atoms with Crippen LogP contribution in [0.5, 0.6) is 11.5 Å². The van der Waals surface area contributed by atoms with Gasteiger partial charge in [-0.15, -0.1) is 0 Å². The minimum absolute atomic E-state index is 0.0442. The van der Waals surface area contributed by atoms with Crippen LogP contribution in [0, 0.1) is 10.1 Å². The van der Waals surface area contributed by atoms with Gasteiger partial charge in [-0.05, 0) is 46.3 Å². The lowest BCUT2D eigenvalue weighted by atomic mass is 10.1. The van der Waals surface area contributed by atoms with E-state index in [0.717, 1.165) is 0 Å². The van der Waals surface area contributed by atoms with Crippen molar-refractivity contribution in [3.8, 4) is 11.5 Å². The van der Waals surface area contributed by atoms with Gasteiger partial charge in [-0.2, -0.15) is 0 Å². The molecule has 0 aromatic heterocycles. The van der Waals surface area contributed by atoms with Gasteiger partial charge in [-0.25, -0.2) is 4.79 Å². The van der Waals surface area contributed by atoms with E-state index in [-0.39, 0.29) is 29.1 Å². The summed E-state index contributed by atoms with van der Waals surface area (Å²) in [7, 11) is 1.45. The minimum atomic E-state index is -0.642. The zero-order valence-electron chi connectivity index (χ0n) is 16.6. The Hall–Kier alpha value is -3.24. The number of hydrogen-bond acceptors (Lipinski definition) is 6. The fourth-order valence-electron chi connectivity index (χ4n) is 2.92. The van der Waals surface area contributed by atoms with E-state index in [4.69, 9.17) is 9.47 Å². The lowest BCUT2D eigenvalue weighted by Crippen LogP contribution is -2.24. The summed E-state index contributed by atoms with van der Waals surface area (Å²) >= 11 is 6.75. The fourth-order valence-corrected chi connectivity index (χ4v) is 4.31. The van der Waals surface area contributed by atoms with Crippen molar-refractivity contribution >= 4 is 49.4 Å². The van der Waals surface area contributed by atoms with Gasteiger partial charge in [0.05, 0.1) is 16.5 Å². The Labute approximate surface area is 199 Å². The standard InChI is InChI=1S/C22H16Br2N2O6/c1-31-19-9-5-3-7-16(19)22(28)32-20-13(10-14(23)11-17(20)24)12-25-21(27)15-6-2-4-8-18(15)26(29)30/h2-11H,12H2,1H3,(H,25,27). The second-order valence-electron chi connectivity index (χ2n) is 6.42. The molecule has 0 bridgehead atoms. The second-order valence-corrected chi connectivity index (χ2v) is 8.19. The summed E-state index contributed by atoms with van der Waals surface area (Å²) < 4.78 is 12.0. The Kier molecular flexibility index (Phi) is 7.60. The van der Waals surface area contributed by atoms with Gasteiger partial charge in [0.2, 0.25) is 0 Å². The van der Waals surface area contributed by atoms with Gasteiger partial charge in [0, 0.05) is 22.6 Å². The summed E-state index contributed by atoms with van der Waals surface area (Å²) in [6.45, 7) is -0.0442. The topological polar surface area (TPSA) is 108 Å². The third-order valence-corrected chi connectivity index (χ3v) is 5.44. The Morgan fingerprint density at radius 1 is 1.03 bits per heavy atom. The first-order valence-electron chi connectivity index (χ1n) is 9.16. The van der Waals surface area contributed by atoms with Gasteiger partial charge in [0.25, 0.3) is 11.6 Å². The Morgan fingerprint density at radius 2 is 1.69 bits per heavy atom. The first-order valence-corrected chi connectivity index (χ1v) is 10.7. The van der Waals surface area contributed by atoms with Crippen LogP contribution in [0.4, 0.5) is 5.69 Å². The highest BCUT2D eigenvalue weighted by atomic mass is 79.9. The smallest absolute Gasteiger partial charge is 0.347 e. The third kappa shape index (κ3) is 5.32. The molecular weight excluding hydrogens is 548 g/mol. The van der Waals surface area contributed by atoms with Gasteiger partial charge in [-0.1, -0.05) is 40.2 Å². The molecule has 8 nitrogen and oxygen atoms in total. The molecule has 1 amide bonds. The highest BCUT2D eigenvalue weighted by Gasteiger charge is 2.22. The normalized spacial score (nSPS) is 10.3. The molecule has 0 saturated carbocycles. The van der Waals surface area contributed by atoms with E-state index in [1.165, 1.54) is 31.4 Å². The van der Waals surface area contributed by atoms with E-state index in [1.54, 1.807) is 36.4 Å². The van der Waals surface area contributed by atoms with E-state index < -0.39 is 16.8 Å². The molecule has 0 atom stereocenters. The molecule has 32 heavy (non-hydrogen) atoms. The molecule has 3 aromatic rings. The number of nitro groups is 1. The van der Waals surface area contributed by atoms with Crippen LogP contribution in [-0.2, 0) is 6.54 Å². The number of hydrogen-bond donors (Lipinski definition) is 1. The summed E-state index contributed by atoms with van der Waals surface area (Å²) in [6.07, 6.45) is 0. The van der Waals surface area contributed by atoms with Crippen molar-refractivity contribution in [2.75, 3.05) is 7.11 Å². The number of methoxy groups -OCH3 is 1. The van der Waals surface area contributed by atoms with Crippen molar-refractivity contribution < 1.29 is 24.0 Å². The molecule has 0 saturated heterocycles. The number of esters is 1. The molecule has 0 aliphatic heterocycles. The number of carbonyl (C=O) groups is 2. The van der Waals surface area contributed by atoms with Gasteiger partial charge in [0.1, 0.15) is 22.6 Å². The maximum atomic E-state index is 12.8. The first-order chi connectivity index (χ1) is 15.3. The van der Waals surface area contributed by atoms with E-state index in [1.807, 2.05) is 0 Å². The maximum Gasteiger partial charge on any atom is 0.347 e. The number of nitro benzene ring substituents is 1. The summed E-state index contributed by atoms with van der Waals surface area (Å²) in [5.74, 6) is -0.712. The minimum Gasteiger partial charge on any atom is -0.496 e. The predicted octanol–water partition coefficient (Wildman–Crippen LogP) is 5.28. The average Bonchev–Trinajstić information content (AvgIpc) is 2.79. The monoisotopic (exact) mass is 562 g/mol. The summed E-state index contributed by atoms with van der Waals surface area (Å²) in [5.41, 5.74) is 0.337. The molecule has 0 heterocycles. The van der Waals surface area contributed by atoms with Crippen LogP contribution in [0.2, 0.25) is 0 Å². The highest BCUT2D eigenvalue weighted by molar-refractivity contribution is 9.11. The van der Waals surface area contributed by atoms with E-state index in [9.17, 15) is 19.7 Å². The van der Waals surface area contributed by atoms with Gasteiger partial charge >= 0.3 is 5.97 Å². The number of nitrogens with one attached hydrogen (secondary N) is 1. The number of para-hydroxylation sites is 2. The van der Waals surface area contributed by atoms with E-state index in [0.29, 0.717) is 20.3 Å². The van der Waals surface area contributed by atoms with Crippen molar-refractivity contribution in [3.05, 3.63) is 96.4 Å². The van der Waals surface area contributed by atoms with Gasteiger partial charge in [-0.3, -0.25) is 14.9 Å². The number of carbonyl (C=O) groups excluding carboxylic acids is 2. The van der Waals surface area contributed by atoms with Crippen LogP contribution in [0.15, 0.2) is 69.6 Å². The number of benzene rings is 3. The molecule has 164 valence electrons. The lowest BCUT2D eigenvalue weighted by Gasteiger charge is -2.15. The summed E-state index contributed by atoms with van der Waals surface area (Å²) in [4.78, 5) is 35.9. The SMILES string of the molecule is COc1ccccc1C(=O)Oc1c(Br)cc(Br)cc1CNC(=O)c1ccccc1[N+](=O)[O-]. The number of rotatable bonds is 7. The van der Waals surface area contributed by atoms with Crippen LogP contribution >= 0.6 is 31.9 Å². The largest absolute Gasteiger partial charge is 0.496 e. The number of amides is 1. The first kappa shape index (κ1) is 23.4. The Balaban J connectivity index is 1.86. The summed E-state index contributed by atoms with van der Waals surface area (Å²) in [6, 6.07) is 15.6. The van der Waals surface area contributed by atoms with Crippen LogP contribution in [-0.4, -0.2) is 23.9 Å². The molecule has 3 aromatic carbocycles. The quantitative estimate of drug-likeness (QED) is 0.181. The van der Waals surface area contributed by atoms with Gasteiger partial charge < -0.3 is 14.8 Å². The van der Waals surface area contributed by atoms with Crippen LogP contribution < -0.4 is 14.8 Å². The zero-order valence-corrected chi connectivity index (χ0v) is 19.8. The molecule has 1 N–H and O–H groups in total. The van der Waals surface area contributed by atoms with Crippen molar-refractivity contribution in [3.63, 3.8) is 0 Å². The fraction of sp³-hybridized carbons (Fsp3) is 0.0909. The molecule has 0 unspecified atom stereocenters. The molecule has 10 heteroatoms. The maximum absolute atomic E-state index is 12.8. The van der Waals surface area contributed by atoms with Crippen molar-refractivity contribution in [2.45, 2.75) is 6.54 Å². The molecule has 0 aliphatic carbocycles. The zero-order chi connectivity index (χ0) is 23.3. The Bertz CT molecular complexity index is 1200. The lowest BCUT2D eigenvalue weighted by molar-refractivity contribution is -0.385. The van der Waals surface area contributed by atoms with Crippen molar-refractivity contribution in [1.29, 1.82) is 0 Å². The van der Waals surface area contributed by atoms with E-state index >= 15 is 0 Å². The molecular formula is C22H16Br2N2O6. The van der Waals surface area contributed by atoms with Crippen molar-refractivity contribution in [1.82, 2.24) is 5.32 Å². The number of ether oxygens (including phenoxy) is 2. The van der Waals surface area contributed by atoms with Crippen LogP contribution in [0.1, 0.15) is 26.3 Å². The summed E-state index contributed by atoms with van der Waals surface area (Å²) in [5, 5.41) is 13.8. The van der Waals surface area contributed by atoms with Crippen LogP contribution in [0.3, 0.4) is 0 Å². The molecule has 0 radical (unpaired) electrons. The third-order valence-electron chi connectivity index (χ3n) is 4.39. The number of nitrogens with zero attached hydrogens (tertiary/aromatic N) is 1. The second kappa shape index (κ2) is 10.4. The molecule has 3 rings (SSSR count). The van der Waals surface area contributed by atoms with Gasteiger partial charge in [0.15, 0.2) is 0 Å². The highest BCUT2D eigenvalue weighted by Crippen LogP contribution is 2.34. The predicted molar refractivity (Wildman–Crippen MR) is 124 cm³/mol. The van der Waals surface area contributed by atoms with Crippen LogP contribution in [0.25, 0.3) is 0 Å². The molecule has 0 fully saturated rings. The number of halogens is 2.